The molecule has 0 amide bonds. The predicted molar refractivity (Wildman–Crippen MR) is 64.6 cm³/mol. The van der Waals surface area contributed by atoms with E-state index in [1.54, 1.807) is 0 Å². The molecule has 0 spiro atoms. The van der Waals surface area contributed by atoms with E-state index in [1.165, 1.54) is 6.07 Å². The summed E-state index contributed by atoms with van der Waals surface area (Å²) in [5.74, 6) is 0. The summed E-state index contributed by atoms with van der Waals surface area (Å²) in [5.41, 5.74) is -1.21. The van der Waals surface area contributed by atoms with Crippen LogP contribution in [0, 0.1) is 0 Å². The fourth-order valence-corrected chi connectivity index (χ4v) is 2.30. The summed E-state index contributed by atoms with van der Waals surface area (Å²) in [6, 6.07) is 3.57. The van der Waals surface area contributed by atoms with Gasteiger partial charge in [-0.05, 0) is 23.8 Å². The number of allylic oxidation sites excluding steroid dienone is 1. The normalized spacial score (nSPS) is 14.8. The maximum absolute atomic E-state index is 12.7. The Hall–Kier alpha value is -0.520. The molecule has 0 aromatic heterocycles. The van der Waals surface area contributed by atoms with Gasteiger partial charge in [-0.2, -0.15) is 13.2 Å². The summed E-state index contributed by atoms with van der Waals surface area (Å²) >= 11 is 11.3. The van der Waals surface area contributed by atoms with Gasteiger partial charge in [0.25, 0.3) is 0 Å². The highest BCUT2D eigenvalue weighted by molar-refractivity contribution is 7.87. The van der Waals surface area contributed by atoms with E-state index in [0.29, 0.717) is 5.41 Å². The number of hydrogen-bond donors (Lipinski definition) is 0. The van der Waals surface area contributed by atoms with Crippen LogP contribution in [0.15, 0.2) is 23.6 Å². The second-order valence-electron chi connectivity index (χ2n) is 3.19. The maximum atomic E-state index is 12.7. The minimum atomic E-state index is -4.61. The minimum absolute atomic E-state index is 0.0875. The molecule has 7 heteroatoms. The maximum Gasteiger partial charge on any atom is 0.417 e. The highest BCUT2D eigenvalue weighted by atomic mass is 35.5. The zero-order valence-electron chi connectivity index (χ0n) is 8.52. The zero-order valence-corrected chi connectivity index (χ0v) is 10.8. The summed E-state index contributed by atoms with van der Waals surface area (Å²) in [5, 5.41) is 0.802. The monoisotopic (exact) mass is 302 g/mol. The first-order valence-electron chi connectivity index (χ1n) is 4.28. The van der Waals surface area contributed by atoms with Gasteiger partial charge in [0.05, 0.1) is 5.57 Å². The van der Waals surface area contributed by atoms with Crippen molar-refractivity contribution in [1.29, 1.82) is 0 Å². The van der Waals surface area contributed by atoms with Crippen LogP contribution in [-0.4, -0.2) is 16.6 Å². The molecule has 1 unspecified atom stereocenters. The number of hydrogen-bond acceptors (Lipinski definition) is 1. The van der Waals surface area contributed by atoms with Crippen LogP contribution in [0.1, 0.15) is 5.56 Å². The van der Waals surface area contributed by atoms with Crippen molar-refractivity contribution < 1.29 is 17.4 Å². The number of halogens is 5. The van der Waals surface area contributed by atoms with Gasteiger partial charge in [0.2, 0.25) is 0 Å². The Balaban J connectivity index is 3.38. The van der Waals surface area contributed by atoms with Crippen LogP contribution in [0.2, 0.25) is 10.0 Å². The van der Waals surface area contributed by atoms with Gasteiger partial charge >= 0.3 is 6.18 Å². The van der Waals surface area contributed by atoms with Crippen molar-refractivity contribution in [2.75, 3.05) is 6.26 Å². The molecule has 17 heavy (non-hydrogen) atoms. The Morgan fingerprint density at radius 3 is 2.06 bits per heavy atom. The van der Waals surface area contributed by atoms with Crippen LogP contribution in [-0.2, 0) is 10.8 Å². The van der Waals surface area contributed by atoms with Crippen LogP contribution in [0.4, 0.5) is 13.2 Å². The van der Waals surface area contributed by atoms with E-state index in [1.807, 2.05) is 0 Å². The SMILES string of the molecule is CS(=O)C=C(c1cc(Cl)cc(Cl)c1)C(F)(F)F. The molecule has 0 saturated carbocycles. The molecular weight excluding hydrogens is 296 g/mol. The van der Waals surface area contributed by atoms with Crippen molar-refractivity contribution in [1.82, 2.24) is 0 Å². The molecule has 0 aliphatic rings. The molecule has 1 aromatic rings. The van der Waals surface area contributed by atoms with Gasteiger partial charge < -0.3 is 0 Å². The Morgan fingerprint density at radius 2 is 1.71 bits per heavy atom. The first-order chi connectivity index (χ1) is 7.70. The zero-order chi connectivity index (χ0) is 13.2. The van der Waals surface area contributed by atoms with Crippen LogP contribution in [0.5, 0.6) is 0 Å². The van der Waals surface area contributed by atoms with Crippen molar-refractivity contribution in [2.45, 2.75) is 6.18 Å². The largest absolute Gasteiger partial charge is 0.417 e. The van der Waals surface area contributed by atoms with Gasteiger partial charge in [-0.15, -0.1) is 0 Å². The highest BCUT2D eigenvalue weighted by Crippen LogP contribution is 2.36. The topological polar surface area (TPSA) is 17.1 Å². The summed E-state index contributed by atoms with van der Waals surface area (Å²) in [4.78, 5) is 0. The standard InChI is InChI=1S/C10H7Cl2F3OS/c1-17(16)5-9(10(13,14)15)6-2-7(11)4-8(12)3-6/h2-5H,1H3. The Kier molecular flexibility index (Phi) is 4.63. The van der Waals surface area contributed by atoms with Gasteiger partial charge in [-0.3, -0.25) is 4.21 Å². The molecule has 1 atom stereocenters. The molecule has 0 heterocycles. The van der Waals surface area contributed by atoms with Crippen molar-refractivity contribution in [3.8, 4) is 0 Å². The van der Waals surface area contributed by atoms with Crippen LogP contribution >= 0.6 is 23.2 Å². The lowest BCUT2D eigenvalue weighted by atomic mass is 10.1. The smallest absolute Gasteiger partial charge is 0.255 e. The Morgan fingerprint density at radius 1 is 1.24 bits per heavy atom. The van der Waals surface area contributed by atoms with Crippen LogP contribution in [0.3, 0.4) is 0 Å². The van der Waals surface area contributed by atoms with E-state index in [2.05, 4.69) is 0 Å². The van der Waals surface area contributed by atoms with Crippen molar-refractivity contribution in [3.63, 3.8) is 0 Å². The average molecular weight is 303 g/mol. The Bertz CT molecular complexity index is 463. The van der Waals surface area contributed by atoms with E-state index < -0.39 is 22.5 Å². The lowest BCUT2D eigenvalue weighted by Gasteiger charge is -2.12. The first-order valence-corrected chi connectivity index (χ1v) is 6.65. The third-order valence-electron chi connectivity index (χ3n) is 1.76. The molecule has 0 aliphatic heterocycles. The second-order valence-corrected chi connectivity index (χ2v) is 5.29. The molecule has 94 valence electrons. The molecule has 1 rings (SSSR count). The summed E-state index contributed by atoms with van der Waals surface area (Å²) in [7, 11) is -1.72. The summed E-state index contributed by atoms with van der Waals surface area (Å²) < 4.78 is 49.1. The molecule has 0 aliphatic carbocycles. The number of benzene rings is 1. The van der Waals surface area contributed by atoms with Crippen molar-refractivity contribution in [2.24, 2.45) is 0 Å². The van der Waals surface area contributed by atoms with E-state index >= 15 is 0 Å². The molecular formula is C10H7Cl2F3OS. The quantitative estimate of drug-likeness (QED) is 0.797. The molecule has 0 radical (unpaired) electrons. The lowest BCUT2D eigenvalue weighted by Crippen LogP contribution is -2.11. The first kappa shape index (κ1) is 14.5. The van der Waals surface area contributed by atoms with E-state index in [4.69, 9.17) is 23.2 Å². The average Bonchev–Trinajstić information content (AvgIpc) is 2.10. The van der Waals surface area contributed by atoms with Crippen molar-refractivity contribution in [3.05, 3.63) is 39.2 Å². The molecule has 0 fully saturated rings. The highest BCUT2D eigenvalue weighted by Gasteiger charge is 2.35. The van der Waals surface area contributed by atoms with E-state index in [0.717, 1.165) is 18.4 Å². The number of alkyl halides is 3. The summed E-state index contributed by atoms with van der Waals surface area (Å²) in [6.45, 7) is 0. The molecule has 1 nitrogen and oxygen atoms in total. The minimum Gasteiger partial charge on any atom is -0.255 e. The van der Waals surface area contributed by atoms with Gasteiger partial charge in [0, 0.05) is 32.5 Å². The third-order valence-corrected chi connectivity index (χ3v) is 2.77. The van der Waals surface area contributed by atoms with Gasteiger partial charge in [-0.25, -0.2) is 0 Å². The lowest BCUT2D eigenvalue weighted by molar-refractivity contribution is -0.0687. The van der Waals surface area contributed by atoms with Crippen LogP contribution in [0.25, 0.3) is 5.57 Å². The fraction of sp³-hybridized carbons (Fsp3) is 0.200. The molecule has 0 bridgehead atoms. The summed E-state index contributed by atoms with van der Waals surface area (Å²) in [6.07, 6.45) is -3.46. The predicted octanol–water partition coefficient (Wildman–Crippen LogP) is 4.28. The van der Waals surface area contributed by atoms with Crippen molar-refractivity contribution >= 4 is 39.6 Å². The van der Waals surface area contributed by atoms with Gasteiger partial charge in [0.15, 0.2) is 0 Å². The molecule has 1 aromatic carbocycles. The van der Waals surface area contributed by atoms with E-state index in [-0.39, 0.29) is 15.6 Å². The van der Waals surface area contributed by atoms with Gasteiger partial charge in [0.1, 0.15) is 0 Å². The van der Waals surface area contributed by atoms with Gasteiger partial charge in [-0.1, -0.05) is 23.2 Å². The second kappa shape index (κ2) is 5.42. The Labute approximate surface area is 109 Å². The molecule has 0 N–H and O–H groups in total. The van der Waals surface area contributed by atoms with E-state index in [9.17, 15) is 17.4 Å². The fourth-order valence-electron chi connectivity index (χ4n) is 1.17. The number of rotatable bonds is 2. The molecule has 0 saturated heterocycles. The van der Waals surface area contributed by atoms with Crippen LogP contribution < -0.4 is 0 Å². The third kappa shape index (κ3) is 4.33.